The minimum atomic E-state index is -2.88. The van der Waals surface area contributed by atoms with Crippen LogP contribution >= 0.6 is 0 Å². The van der Waals surface area contributed by atoms with E-state index in [-0.39, 0.29) is 18.1 Å². The van der Waals surface area contributed by atoms with Crippen molar-refractivity contribution in [1.82, 2.24) is 0 Å². The van der Waals surface area contributed by atoms with Crippen LogP contribution < -0.4 is 0 Å². The average molecular weight is 178 g/mol. The van der Waals surface area contributed by atoms with Crippen molar-refractivity contribution < 1.29 is 13.6 Å². The van der Waals surface area contributed by atoms with Crippen molar-refractivity contribution in [3.63, 3.8) is 0 Å². The standard InChI is InChI=1S/C9H16F2O/c1-6(2)5-8(12)7(3)9(4,10)11/h6-7H,5H2,1-4H3/t7-/m0/s1. The normalized spacial score (nSPS) is 14.9. The third kappa shape index (κ3) is 3.79. The molecule has 0 aliphatic rings. The summed E-state index contributed by atoms with van der Waals surface area (Å²) in [6.45, 7) is 5.76. The summed E-state index contributed by atoms with van der Waals surface area (Å²) in [4.78, 5) is 11.1. The summed E-state index contributed by atoms with van der Waals surface area (Å²) >= 11 is 0. The maximum absolute atomic E-state index is 12.6. The van der Waals surface area contributed by atoms with Gasteiger partial charge in [-0.3, -0.25) is 4.79 Å². The molecule has 0 rings (SSSR count). The molecule has 1 nitrogen and oxygen atoms in total. The number of carbonyl (C=O) groups excluding carboxylic acids is 1. The Balaban J connectivity index is 4.12. The van der Waals surface area contributed by atoms with Crippen molar-refractivity contribution in [1.29, 1.82) is 0 Å². The fraction of sp³-hybridized carbons (Fsp3) is 0.889. The van der Waals surface area contributed by atoms with Crippen molar-refractivity contribution in [3.05, 3.63) is 0 Å². The van der Waals surface area contributed by atoms with Gasteiger partial charge in [-0.05, 0) is 12.8 Å². The fourth-order valence-electron chi connectivity index (χ4n) is 0.862. The number of halogens is 2. The van der Waals surface area contributed by atoms with Crippen LogP contribution in [-0.2, 0) is 4.79 Å². The highest BCUT2D eigenvalue weighted by molar-refractivity contribution is 5.81. The van der Waals surface area contributed by atoms with Gasteiger partial charge in [0.15, 0.2) is 0 Å². The molecule has 0 unspecified atom stereocenters. The molecule has 0 saturated heterocycles. The van der Waals surface area contributed by atoms with Gasteiger partial charge in [-0.1, -0.05) is 13.8 Å². The highest BCUT2D eigenvalue weighted by Crippen LogP contribution is 2.25. The summed E-state index contributed by atoms with van der Waals surface area (Å²) in [7, 11) is 0. The van der Waals surface area contributed by atoms with Crippen LogP contribution in [0, 0.1) is 11.8 Å². The molecule has 0 aromatic carbocycles. The summed E-state index contributed by atoms with van der Waals surface area (Å²) in [5, 5.41) is 0. The van der Waals surface area contributed by atoms with E-state index in [2.05, 4.69) is 0 Å². The minimum Gasteiger partial charge on any atom is -0.299 e. The smallest absolute Gasteiger partial charge is 0.254 e. The van der Waals surface area contributed by atoms with Crippen molar-refractivity contribution in [2.75, 3.05) is 0 Å². The lowest BCUT2D eigenvalue weighted by Gasteiger charge is -2.18. The lowest BCUT2D eigenvalue weighted by molar-refractivity contribution is -0.134. The van der Waals surface area contributed by atoms with Crippen molar-refractivity contribution >= 4 is 5.78 Å². The monoisotopic (exact) mass is 178 g/mol. The Morgan fingerprint density at radius 1 is 1.33 bits per heavy atom. The third-order valence-corrected chi connectivity index (χ3v) is 1.85. The summed E-state index contributed by atoms with van der Waals surface area (Å²) < 4.78 is 25.2. The maximum Gasteiger partial charge on any atom is 0.254 e. The second-order valence-corrected chi connectivity index (χ2v) is 3.74. The number of ketones is 1. The van der Waals surface area contributed by atoms with E-state index >= 15 is 0 Å². The van der Waals surface area contributed by atoms with Gasteiger partial charge in [0, 0.05) is 13.3 Å². The molecule has 0 aliphatic carbocycles. The molecule has 0 amide bonds. The average Bonchev–Trinajstić information content (AvgIpc) is 1.82. The first-order valence-corrected chi connectivity index (χ1v) is 4.15. The van der Waals surface area contributed by atoms with E-state index in [4.69, 9.17) is 0 Å². The van der Waals surface area contributed by atoms with Gasteiger partial charge < -0.3 is 0 Å². The summed E-state index contributed by atoms with van der Waals surface area (Å²) in [5.74, 6) is -4.23. The molecule has 0 heterocycles. The van der Waals surface area contributed by atoms with E-state index < -0.39 is 11.8 Å². The zero-order chi connectivity index (χ0) is 9.94. The quantitative estimate of drug-likeness (QED) is 0.647. The van der Waals surface area contributed by atoms with E-state index in [0.29, 0.717) is 0 Å². The molecule has 3 heteroatoms. The summed E-state index contributed by atoms with van der Waals surface area (Å²) in [5.41, 5.74) is 0. The van der Waals surface area contributed by atoms with E-state index in [9.17, 15) is 13.6 Å². The predicted octanol–water partition coefficient (Wildman–Crippen LogP) is 2.89. The fourth-order valence-corrected chi connectivity index (χ4v) is 0.862. The molecule has 0 aromatic rings. The van der Waals surface area contributed by atoms with Crippen LogP contribution in [0.4, 0.5) is 8.78 Å². The number of hydrogen-bond donors (Lipinski definition) is 0. The molecule has 12 heavy (non-hydrogen) atoms. The number of carbonyl (C=O) groups is 1. The Morgan fingerprint density at radius 2 is 1.75 bits per heavy atom. The number of hydrogen-bond acceptors (Lipinski definition) is 1. The van der Waals surface area contributed by atoms with E-state index in [1.54, 1.807) is 0 Å². The van der Waals surface area contributed by atoms with Crippen LogP contribution in [0.5, 0.6) is 0 Å². The zero-order valence-corrected chi connectivity index (χ0v) is 8.03. The van der Waals surface area contributed by atoms with Crippen LogP contribution in [0.1, 0.15) is 34.1 Å². The second kappa shape index (κ2) is 3.97. The van der Waals surface area contributed by atoms with Gasteiger partial charge in [0.1, 0.15) is 5.78 Å². The van der Waals surface area contributed by atoms with E-state index in [1.807, 2.05) is 13.8 Å². The first-order valence-electron chi connectivity index (χ1n) is 4.15. The minimum absolute atomic E-state index is 0.155. The first kappa shape index (κ1) is 11.5. The molecule has 1 atom stereocenters. The van der Waals surface area contributed by atoms with Crippen LogP contribution in [0.3, 0.4) is 0 Å². The lowest BCUT2D eigenvalue weighted by atomic mass is 9.93. The van der Waals surface area contributed by atoms with Gasteiger partial charge in [0.2, 0.25) is 0 Å². The highest BCUT2D eigenvalue weighted by atomic mass is 19.3. The summed E-state index contributed by atoms with van der Waals surface area (Å²) in [6, 6.07) is 0. The van der Waals surface area contributed by atoms with Crippen LogP contribution in [0.2, 0.25) is 0 Å². The molecule has 0 bridgehead atoms. The van der Waals surface area contributed by atoms with Crippen LogP contribution in [0.25, 0.3) is 0 Å². The Hall–Kier alpha value is -0.470. The summed E-state index contributed by atoms with van der Waals surface area (Å²) in [6.07, 6.45) is 0.241. The van der Waals surface area contributed by atoms with Crippen molar-refractivity contribution in [2.24, 2.45) is 11.8 Å². The number of rotatable bonds is 4. The molecule has 0 aromatic heterocycles. The Bertz CT molecular complexity index is 158. The molecule has 0 fully saturated rings. The Morgan fingerprint density at radius 3 is 2.00 bits per heavy atom. The van der Waals surface area contributed by atoms with Gasteiger partial charge in [-0.15, -0.1) is 0 Å². The molecule has 0 radical (unpaired) electrons. The van der Waals surface area contributed by atoms with Gasteiger partial charge in [0.25, 0.3) is 5.92 Å². The molecule has 0 saturated carbocycles. The molecule has 0 N–H and O–H groups in total. The van der Waals surface area contributed by atoms with E-state index in [0.717, 1.165) is 6.92 Å². The van der Waals surface area contributed by atoms with Crippen LogP contribution in [-0.4, -0.2) is 11.7 Å². The third-order valence-electron chi connectivity index (χ3n) is 1.85. The Kier molecular flexibility index (Phi) is 3.81. The van der Waals surface area contributed by atoms with Gasteiger partial charge >= 0.3 is 0 Å². The largest absolute Gasteiger partial charge is 0.299 e. The van der Waals surface area contributed by atoms with Crippen LogP contribution in [0.15, 0.2) is 0 Å². The molecule has 0 spiro atoms. The number of Topliss-reactive ketones (excluding diaryl/α,β-unsaturated/α-hetero) is 1. The molecular formula is C9H16F2O. The molecule has 72 valence electrons. The molecule has 0 aliphatic heterocycles. The zero-order valence-electron chi connectivity index (χ0n) is 8.03. The van der Waals surface area contributed by atoms with Crippen molar-refractivity contribution in [2.45, 2.75) is 40.0 Å². The SMILES string of the molecule is CC(C)CC(=O)[C@H](C)C(C)(F)F. The number of alkyl halides is 2. The topological polar surface area (TPSA) is 17.1 Å². The van der Waals surface area contributed by atoms with Crippen molar-refractivity contribution in [3.8, 4) is 0 Å². The Labute approximate surface area is 72.2 Å². The molecular weight excluding hydrogens is 162 g/mol. The van der Waals surface area contributed by atoms with Gasteiger partial charge in [-0.2, -0.15) is 0 Å². The second-order valence-electron chi connectivity index (χ2n) is 3.74. The van der Waals surface area contributed by atoms with E-state index in [1.165, 1.54) is 6.92 Å². The predicted molar refractivity (Wildman–Crippen MR) is 44.2 cm³/mol. The van der Waals surface area contributed by atoms with Gasteiger partial charge in [0.05, 0.1) is 5.92 Å². The van der Waals surface area contributed by atoms with Gasteiger partial charge in [-0.25, -0.2) is 8.78 Å². The lowest BCUT2D eigenvalue weighted by Crippen LogP contribution is -2.29. The maximum atomic E-state index is 12.6. The first-order chi connectivity index (χ1) is 5.25. The highest BCUT2D eigenvalue weighted by Gasteiger charge is 2.35.